The predicted molar refractivity (Wildman–Crippen MR) is 120 cm³/mol. The van der Waals surface area contributed by atoms with E-state index < -0.39 is 5.97 Å². The SMILES string of the molecule is O=C(Nc1ccc(C(=O)N2CCC(C(=O)O)CC2)cc1)NC12CC3CCCC(C1)C(C3)C2. The average Bonchev–Trinajstić information content (AvgIpc) is 2.92. The molecule has 1 aromatic rings. The van der Waals surface area contributed by atoms with Gasteiger partial charge in [-0.05, 0) is 80.5 Å². The highest BCUT2D eigenvalue weighted by molar-refractivity contribution is 5.95. The van der Waals surface area contributed by atoms with Crippen molar-refractivity contribution in [1.82, 2.24) is 10.2 Å². The second-order valence-corrected chi connectivity index (χ2v) is 10.5. The molecule has 3 bridgehead atoms. The highest BCUT2D eigenvalue weighted by atomic mass is 16.4. The Hall–Kier alpha value is -2.57. The third kappa shape index (κ3) is 4.21. The van der Waals surface area contributed by atoms with Crippen LogP contribution in [0.2, 0.25) is 0 Å². The van der Waals surface area contributed by atoms with Gasteiger partial charge in [-0.25, -0.2) is 4.79 Å². The largest absolute Gasteiger partial charge is 0.481 e. The number of hydrogen-bond acceptors (Lipinski definition) is 3. The molecule has 4 unspecified atom stereocenters. The number of amides is 3. The number of nitrogens with one attached hydrogen (secondary N) is 2. The molecule has 172 valence electrons. The highest BCUT2D eigenvalue weighted by Crippen LogP contribution is 2.55. The molecule has 5 rings (SSSR count). The van der Waals surface area contributed by atoms with Crippen LogP contribution in [0, 0.1) is 23.7 Å². The lowest BCUT2D eigenvalue weighted by Gasteiger charge is -2.38. The van der Waals surface area contributed by atoms with Gasteiger partial charge < -0.3 is 20.6 Å². The summed E-state index contributed by atoms with van der Waals surface area (Å²) in [6.45, 7) is 0.923. The van der Waals surface area contributed by atoms with E-state index in [0.717, 1.165) is 37.0 Å². The zero-order valence-electron chi connectivity index (χ0n) is 18.5. The lowest BCUT2D eigenvalue weighted by Crippen LogP contribution is -2.51. The van der Waals surface area contributed by atoms with E-state index in [4.69, 9.17) is 5.11 Å². The molecular formula is C25H33N3O4. The zero-order valence-corrected chi connectivity index (χ0v) is 18.5. The topological polar surface area (TPSA) is 98.7 Å². The number of likely N-dealkylation sites (tertiary alicyclic amines) is 1. The van der Waals surface area contributed by atoms with E-state index in [2.05, 4.69) is 10.6 Å². The molecule has 1 aliphatic heterocycles. The van der Waals surface area contributed by atoms with E-state index in [9.17, 15) is 14.4 Å². The Bertz CT molecular complexity index is 889. The van der Waals surface area contributed by atoms with Gasteiger partial charge in [-0.1, -0.05) is 19.3 Å². The number of piperidine rings is 1. The van der Waals surface area contributed by atoms with E-state index in [1.807, 2.05) is 0 Å². The smallest absolute Gasteiger partial charge is 0.319 e. The number of carboxylic acid groups (broad SMARTS) is 1. The van der Waals surface area contributed by atoms with Crippen LogP contribution in [-0.2, 0) is 4.79 Å². The number of rotatable bonds is 4. The van der Waals surface area contributed by atoms with Gasteiger partial charge in [0.1, 0.15) is 0 Å². The van der Waals surface area contributed by atoms with Crippen molar-refractivity contribution < 1.29 is 19.5 Å². The van der Waals surface area contributed by atoms with Crippen LogP contribution in [0.25, 0.3) is 0 Å². The molecule has 1 saturated heterocycles. The first-order valence-corrected chi connectivity index (χ1v) is 12.1. The first kappa shape index (κ1) is 21.3. The van der Waals surface area contributed by atoms with Crippen molar-refractivity contribution in [3.8, 4) is 0 Å². The first-order chi connectivity index (χ1) is 15.4. The minimum atomic E-state index is -0.782. The minimum absolute atomic E-state index is 0.0409. The van der Waals surface area contributed by atoms with Crippen LogP contribution in [0.3, 0.4) is 0 Å². The Morgan fingerprint density at radius 2 is 1.66 bits per heavy atom. The molecule has 3 amide bonds. The third-order valence-corrected chi connectivity index (χ3v) is 8.38. The van der Waals surface area contributed by atoms with E-state index >= 15 is 0 Å². The molecule has 4 aliphatic rings. The Labute approximate surface area is 188 Å². The molecule has 1 aromatic carbocycles. The van der Waals surface area contributed by atoms with Gasteiger partial charge in [0.05, 0.1) is 5.92 Å². The van der Waals surface area contributed by atoms with Gasteiger partial charge >= 0.3 is 12.0 Å². The first-order valence-electron chi connectivity index (χ1n) is 12.1. The fraction of sp³-hybridized carbons (Fsp3) is 0.640. The summed E-state index contributed by atoms with van der Waals surface area (Å²) >= 11 is 0. The fourth-order valence-corrected chi connectivity index (χ4v) is 6.92. The fourth-order valence-electron chi connectivity index (χ4n) is 6.92. The molecule has 32 heavy (non-hydrogen) atoms. The van der Waals surface area contributed by atoms with Crippen molar-refractivity contribution >= 4 is 23.6 Å². The summed E-state index contributed by atoms with van der Waals surface area (Å²) in [5, 5.41) is 15.4. The van der Waals surface area contributed by atoms with Gasteiger partial charge in [-0.15, -0.1) is 0 Å². The average molecular weight is 440 g/mol. The summed E-state index contributed by atoms with van der Waals surface area (Å²) < 4.78 is 0. The molecular weight excluding hydrogens is 406 g/mol. The molecule has 0 radical (unpaired) electrons. The van der Waals surface area contributed by atoms with Crippen LogP contribution >= 0.6 is 0 Å². The van der Waals surface area contributed by atoms with Crippen LogP contribution in [0.4, 0.5) is 10.5 Å². The third-order valence-electron chi connectivity index (χ3n) is 8.38. The van der Waals surface area contributed by atoms with Gasteiger partial charge in [0, 0.05) is 29.9 Å². The Kier molecular flexibility index (Phi) is 5.59. The number of urea groups is 1. The Balaban J connectivity index is 1.16. The Morgan fingerprint density at radius 1 is 0.938 bits per heavy atom. The molecule has 4 fully saturated rings. The van der Waals surface area contributed by atoms with Crippen LogP contribution in [0.5, 0.6) is 0 Å². The van der Waals surface area contributed by atoms with E-state index in [0.29, 0.717) is 37.2 Å². The van der Waals surface area contributed by atoms with Crippen molar-refractivity contribution in [3.05, 3.63) is 29.8 Å². The number of carboxylic acids is 1. The molecule has 3 N–H and O–H groups in total. The number of carbonyl (C=O) groups is 3. The Morgan fingerprint density at radius 3 is 2.38 bits per heavy atom. The van der Waals surface area contributed by atoms with Crippen LogP contribution in [0.15, 0.2) is 24.3 Å². The van der Waals surface area contributed by atoms with Crippen molar-refractivity contribution in [2.75, 3.05) is 18.4 Å². The van der Waals surface area contributed by atoms with Crippen molar-refractivity contribution in [2.24, 2.45) is 23.7 Å². The summed E-state index contributed by atoms with van der Waals surface area (Å²) in [6, 6.07) is 6.84. The molecule has 3 saturated carbocycles. The van der Waals surface area contributed by atoms with Crippen LogP contribution < -0.4 is 10.6 Å². The number of hydrogen-bond donors (Lipinski definition) is 3. The maximum atomic E-state index is 12.8. The highest BCUT2D eigenvalue weighted by Gasteiger charge is 2.52. The van der Waals surface area contributed by atoms with Gasteiger partial charge in [0.25, 0.3) is 5.91 Å². The standard InChI is InChI=1S/C25H33N3O4/c29-22(28-10-8-18(9-11-28)23(30)31)17-4-6-21(7-5-17)26-24(32)27-25-13-16-2-1-3-19(14-25)20(12-16)15-25/h4-7,16,18-20H,1-3,8-15H2,(H,30,31)(H2,26,27,32). The van der Waals surface area contributed by atoms with Crippen LogP contribution in [0.1, 0.15) is 68.1 Å². The number of fused-ring (bicyclic) bond motifs is 2. The molecule has 0 aromatic heterocycles. The van der Waals surface area contributed by atoms with Gasteiger partial charge in [-0.2, -0.15) is 0 Å². The maximum Gasteiger partial charge on any atom is 0.319 e. The summed E-state index contributed by atoms with van der Waals surface area (Å²) in [7, 11) is 0. The van der Waals surface area contributed by atoms with E-state index in [1.165, 1.54) is 25.7 Å². The summed E-state index contributed by atoms with van der Waals surface area (Å²) in [5.41, 5.74) is 1.19. The number of aliphatic carboxylic acids is 1. The number of benzene rings is 1. The molecule has 7 nitrogen and oxygen atoms in total. The van der Waals surface area contributed by atoms with Gasteiger partial charge in [0.2, 0.25) is 0 Å². The van der Waals surface area contributed by atoms with E-state index in [-0.39, 0.29) is 23.4 Å². The second kappa shape index (κ2) is 8.41. The second-order valence-electron chi connectivity index (χ2n) is 10.5. The molecule has 7 heteroatoms. The van der Waals surface area contributed by atoms with Crippen LogP contribution in [-0.4, -0.2) is 46.5 Å². The number of anilines is 1. The van der Waals surface area contributed by atoms with Crippen molar-refractivity contribution in [1.29, 1.82) is 0 Å². The summed E-state index contributed by atoms with van der Waals surface area (Å²) in [6.07, 6.45) is 9.64. The van der Waals surface area contributed by atoms with E-state index in [1.54, 1.807) is 29.2 Å². The lowest BCUT2D eigenvalue weighted by atomic mass is 9.75. The van der Waals surface area contributed by atoms with Crippen molar-refractivity contribution in [3.63, 3.8) is 0 Å². The number of nitrogens with zero attached hydrogens (tertiary/aromatic N) is 1. The molecule has 1 heterocycles. The monoisotopic (exact) mass is 439 g/mol. The molecule has 3 aliphatic carbocycles. The maximum absolute atomic E-state index is 12.8. The zero-order chi connectivity index (χ0) is 22.3. The molecule has 4 atom stereocenters. The predicted octanol–water partition coefficient (Wildman–Crippen LogP) is 4.10. The van der Waals surface area contributed by atoms with Gasteiger partial charge in [-0.3, -0.25) is 9.59 Å². The quantitative estimate of drug-likeness (QED) is 0.658. The normalized spacial score (nSPS) is 31.8. The van der Waals surface area contributed by atoms with Gasteiger partial charge in [0.15, 0.2) is 0 Å². The minimum Gasteiger partial charge on any atom is -0.481 e. The molecule has 0 spiro atoms. The summed E-state index contributed by atoms with van der Waals surface area (Å²) in [4.78, 5) is 38.3. The summed E-state index contributed by atoms with van der Waals surface area (Å²) in [5.74, 6) is 1.08. The lowest BCUT2D eigenvalue weighted by molar-refractivity contribution is -0.143. The number of carbonyl (C=O) groups excluding carboxylic acids is 2. The van der Waals surface area contributed by atoms with Crippen molar-refractivity contribution in [2.45, 2.75) is 63.3 Å².